The summed E-state index contributed by atoms with van der Waals surface area (Å²) in [5, 5.41) is 24.1. The highest BCUT2D eigenvalue weighted by Crippen LogP contribution is 2.39. The Balaban J connectivity index is 1.90. The molecule has 0 aliphatic rings. The van der Waals surface area contributed by atoms with E-state index in [2.05, 4.69) is 4.98 Å². The number of hydrogen-bond acceptors (Lipinski definition) is 4. The molecule has 4 aromatic rings. The van der Waals surface area contributed by atoms with Crippen molar-refractivity contribution in [3.05, 3.63) is 117 Å². The van der Waals surface area contributed by atoms with Crippen LogP contribution in [0.5, 0.6) is 0 Å². The molecule has 1 heterocycles. The molecule has 0 fully saturated rings. The first-order valence-electron chi connectivity index (χ1n) is 9.59. The van der Waals surface area contributed by atoms with Crippen LogP contribution in [0.1, 0.15) is 34.1 Å². The van der Waals surface area contributed by atoms with E-state index in [9.17, 15) is 10.2 Å². The number of halogens is 2. The molecule has 0 bridgehead atoms. The molecule has 31 heavy (non-hydrogen) atoms. The standard InChI is InChI=1S/C24H21Cl2N3O2/c1-29-14-28-13-22(29)24(31,16-5-8-18(25)9-6-16)17-7-10-21(27)20(12-17)23(30)15-3-2-4-19(26)11-15/h2-14,23,30-31H,27H2,1H3. The van der Waals surface area contributed by atoms with Gasteiger partial charge in [0.05, 0.1) is 18.2 Å². The van der Waals surface area contributed by atoms with E-state index in [0.29, 0.717) is 43.7 Å². The summed E-state index contributed by atoms with van der Waals surface area (Å²) in [4.78, 5) is 4.18. The fourth-order valence-electron chi connectivity index (χ4n) is 3.75. The summed E-state index contributed by atoms with van der Waals surface area (Å²) >= 11 is 12.2. The minimum absolute atomic E-state index is 0.402. The van der Waals surface area contributed by atoms with Crippen LogP contribution in [0.15, 0.2) is 79.3 Å². The van der Waals surface area contributed by atoms with Crippen LogP contribution in [0.3, 0.4) is 0 Å². The van der Waals surface area contributed by atoms with Gasteiger partial charge in [-0.05, 0) is 53.1 Å². The van der Waals surface area contributed by atoms with Gasteiger partial charge in [0.25, 0.3) is 0 Å². The van der Waals surface area contributed by atoms with E-state index in [-0.39, 0.29) is 0 Å². The number of imidazole rings is 1. The van der Waals surface area contributed by atoms with E-state index >= 15 is 0 Å². The van der Waals surface area contributed by atoms with Crippen LogP contribution in [-0.4, -0.2) is 19.8 Å². The Labute approximate surface area is 190 Å². The zero-order valence-electron chi connectivity index (χ0n) is 16.7. The van der Waals surface area contributed by atoms with Gasteiger partial charge in [-0.15, -0.1) is 0 Å². The number of nitrogens with zero attached hydrogens (tertiary/aromatic N) is 2. The third kappa shape index (κ3) is 3.93. The Bertz CT molecular complexity index is 1220. The number of nitrogens with two attached hydrogens (primary N) is 1. The number of aryl methyl sites for hydroxylation is 1. The second-order valence-electron chi connectivity index (χ2n) is 7.41. The van der Waals surface area contributed by atoms with Gasteiger partial charge < -0.3 is 20.5 Å². The fourth-order valence-corrected chi connectivity index (χ4v) is 4.08. The normalized spacial score (nSPS) is 14.2. The first kappa shape index (κ1) is 21.4. The summed E-state index contributed by atoms with van der Waals surface area (Å²) < 4.78 is 1.75. The van der Waals surface area contributed by atoms with Crippen molar-refractivity contribution >= 4 is 28.9 Å². The summed E-state index contributed by atoms with van der Waals surface area (Å²) in [6.45, 7) is 0. The van der Waals surface area contributed by atoms with Gasteiger partial charge in [0.15, 0.2) is 5.60 Å². The summed E-state index contributed by atoms with van der Waals surface area (Å²) in [5.74, 6) is 0. The molecule has 0 amide bonds. The number of rotatable bonds is 5. The van der Waals surface area contributed by atoms with Crippen LogP contribution in [0.25, 0.3) is 0 Å². The molecule has 2 unspecified atom stereocenters. The molecule has 7 heteroatoms. The van der Waals surface area contributed by atoms with Crippen LogP contribution in [0, 0.1) is 0 Å². The van der Waals surface area contributed by atoms with Crippen LogP contribution in [0.2, 0.25) is 10.0 Å². The minimum Gasteiger partial charge on any atom is -0.398 e. The van der Waals surface area contributed by atoms with E-state index < -0.39 is 11.7 Å². The van der Waals surface area contributed by atoms with Gasteiger partial charge in [-0.25, -0.2) is 4.98 Å². The molecule has 4 rings (SSSR count). The molecule has 0 saturated carbocycles. The van der Waals surface area contributed by atoms with Gasteiger partial charge in [-0.2, -0.15) is 0 Å². The van der Waals surface area contributed by atoms with Crippen molar-refractivity contribution in [2.75, 3.05) is 5.73 Å². The van der Waals surface area contributed by atoms with Gasteiger partial charge in [-0.3, -0.25) is 0 Å². The summed E-state index contributed by atoms with van der Waals surface area (Å²) in [6.07, 6.45) is 2.22. The van der Waals surface area contributed by atoms with Crippen LogP contribution >= 0.6 is 23.2 Å². The molecule has 5 nitrogen and oxygen atoms in total. The quantitative estimate of drug-likeness (QED) is 0.383. The summed E-state index contributed by atoms with van der Waals surface area (Å²) in [7, 11) is 1.81. The molecule has 4 N–H and O–H groups in total. The van der Waals surface area contributed by atoms with Gasteiger partial charge in [0.2, 0.25) is 0 Å². The van der Waals surface area contributed by atoms with E-state index in [4.69, 9.17) is 28.9 Å². The highest BCUT2D eigenvalue weighted by molar-refractivity contribution is 6.30. The van der Waals surface area contributed by atoms with Gasteiger partial charge in [0, 0.05) is 28.3 Å². The topological polar surface area (TPSA) is 84.3 Å². The number of anilines is 1. The highest BCUT2D eigenvalue weighted by atomic mass is 35.5. The molecular formula is C24H21Cl2N3O2. The second-order valence-corrected chi connectivity index (χ2v) is 8.28. The maximum atomic E-state index is 12.1. The van der Waals surface area contributed by atoms with Crippen molar-refractivity contribution in [2.45, 2.75) is 11.7 Å². The van der Waals surface area contributed by atoms with Crippen LogP contribution in [0.4, 0.5) is 5.69 Å². The number of benzene rings is 3. The first-order valence-corrected chi connectivity index (χ1v) is 10.3. The van der Waals surface area contributed by atoms with Crippen molar-refractivity contribution < 1.29 is 10.2 Å². The van der Waals surface area contributed by atoms with E-state index in [1.54, 1.807) is 83.8 Å². The first-order chi connectivity index (χ1) is 14.8. The third-order valence-corrected chi connectivity index (χ3v) is 5.90. The fraction of sp³-hybridized carbons (Fsp3) is 0.125. The van der Waals surface area contributed by atoms with Gasteiger partial charge >= 0.3 is 0 Å². The second kappa shape index (κ2) is 8.36. The lowest BCUT2D eigenvalue weighted by atomic mass is 9.82. The molecule has 0 spiro atoms. The molecule has 0 aliphatic carbocycles. The number of hydrogen-bond donors (Lipinski definition) is 3. The lowest BCUT2D eigenvalue weighted by molar-refractivity contribution is 0.117. The smallest absolute Gasteiger partial charge is 0.156 e. The Morgan fingerprint density at radius 1 is 0.968 bits per heavy atom. The lowest BCUT2D eigenvalue weighted by Gasteiger charge is -2.31. The predicted octanol–water partition coefficient (Wildman–Crippen LogP) is 4.68. The van der Waals surface area contributed by atoms with E-state index in [1.165, 1.54) is 0 Å². The molecule has 1 aromatic heterocycles. The Kier molecular flexibility index (Phi) is 5.77. The lowest BCUT2D eigenvalue weighted by Crippen LogP contribution is -2.31. The van der Waals surface area contributed by atoms with E-state index in [0.717, 1.165) is 0 Å². The highest BCUT2D eigenvalue weighted by Gasteiger charge is 2.37. The largest absolute Gasteiger partial charge is 0.398 e. The zero-order valence-corrected chi connectivity index (χ0v) is 18.2. The zero-order chi connectivity index (χ0) is 22.2. The summed E-state index contributed by atoms with van der Waals surface area (Å²) in [5.41, 5.74) is 7.82. The average Bonchev–Trinajstić information content (AvgIpc) is 3.20. The Morgan fingerprint density at radius 3 is 2.32 bits per heavy atom. The van der Waals surface area contributed by atoms with E-state index in [1.807, 2.05) is 7.05 Å². The van der Waals surface area contributed by atoms with Gasteiger partial charge in [-0.1, -0.05) is 53.5 Å². The average molecular weight is 454 g/mol. The molecule has 2 atom stereocenters. The number of aliphatic hydroxyl groups is 2. The van der Waals surface area contributed by atoms with Crippen LogP contribution < -0.4 is 5.73 Å². The van der Waals surface area contributed by atoms with Crippen LogP contribution in [-0.2, 0) is 12.6 Å². The number of nitrogen functional groups attached to an aromatic ring is 1. The van der Waals surface area contributed by atoms with Crippen molar-refractivity contribution in [3.63, 3.8) is 0 Å². The Morgan fingerprint density at radius 2 is 1.68 bits per heavy atom. The minimum atomic E-state index is -1.55. The maximum Gasteiger partial charge on any atom is 0.156 e. The maximum absolute atomic E-state index is 12.1. The monoisotopic (exact) mass is 453 g/mol. The molecule has 0 radical (unpaired) electrons. The van der Waals surface area contributed by atoms with Gasteiger partial charge in [0.1, 0.15) is 6.10 Å². The Hall–Kier alpha value is -2.83. The molecular weight excluding hydrogens is 433 g/mol. The summed E-state index contributed by atoms with van der Waals surface area (Å²) in [6, 6.07) is 19.1. The number of aromatic nitrogens is 2. The molecule has 0 aliphatic heterocycles. The predicted molar refractivity (Wildman–Crippen MR) is 123 cm³/mol. The molecule has 3 aromatic carbocycles. The molecule has 0 saturated heterocycles. The third-order valence-electron chi connectivity index (χ3n) is 5.41. The van der Waals surface area contributed by atoms with Crippen molar-refractivity contribution in [2.24, 2.45) is 7.05 Å². The molecule has 158 valence electrons. The SMILES string of the molecule is Cn1cncc1C(O)(c1ccc(Cl)cc1)c1ccc(N)c(C(O)c2cccc(Cl)c2)c1. The van der Waals surface area contributed by atoms with Crippen molar-refractivity contribution in [3.8, 4) is 0 Å². The van der Waals surface area contributed by atoms with Crippen molar-refractivity contribution in [1.82, 2.24) is 9.55 Å². The number of aliphatic hydroxyl groups excluding tert-OH is 1. The van der Waals surface area contributed by atoms with Crippen molar-refractivity contribution in [1.29, 1.82) is 0 Å².